The summed E-state index contributed by atoms with van der Waals surface area (Å²) in [5.41, 5.74) is 0.0907. The van der Waals surface area contributed by atoms with Crippen LogP contribution in [0.2, 0.25) is 0 Å². The lowest BCUT2D eigenvalue weighted by atomic mass is 9.78. The molecule has 6 heteroatoms. The van der Waals surface area contributed by atoms with Crippen LogP contribution in [0.25, 0.3) is 0 Å². The van der Waals surface area contributed by atoms with Crippen LogP contribution in [0.1, 0.15) is 30.5 Å². The van der Waals surface area contributed by atoms with E-state index in [4.69, 9.17) is 0 Å². The summed E-state index contributed by atoms with van der Waals surface area (Å²) in [6, 6.07) is 17.3. The Kier molecular flexibility index (Phi) is 4.75. The third-order valence-electron chi connectivity index (χ3n) is 4.70. The molecule has 6 nitrogen and oxygen atoms in total. The van der Waals surface area contributed by atoms with E-state index in [1.807, 2.05) is 36.4 Å². The van der Waals surface area contributed by atoms with Crippen molar-refractivity contribution >= 4 is 17.9 Å². The summed E-state index contributed by atoms with van der Waals surface area (Å²) in [6.07, 6.45) is -0.105. The number of β-lactam (4-membered cyclic amide) rings is 1. The summed E-state index contributed by atoms with van der Waals surface area (Å²) in [5, 5.41) is 12.5. The molecule has 1 aliphatic heterocycles. The molecule has 26 heavy (non-hydrogen) atoms. The van der Waals surface area contributed by atoms with Crippen LogP contribution in [0.4, 0.5) is 4.79 Å². The fourth-order valence-electron chi connectivity index (χ4n) is 3.26. The van der Waals surface area contributed by atoms with Crippen molar-refractivity contribution in [2.75, 3.05) is 0 Å². The molecule has 0 aromatic heterocycles. The van der Waals surface area contributed by atoms with Gasteiger partial charge < -0.3 is 10.4 Å². The van der Waals surface area contributed by atoms with Crippen molar-refractivity contribution in [1.82, 2.24) is 10.2 Å². The number of nitrogens with one attached hydrogen (secondary N) is 1. The molecule has 2 aromatic rings. The maximum Gasteiger partial charge on any atom is 0.331 e. The highest BCUT2D eigenvalue weighted by Crippen LogP contribution is 2.36. The number of hydrogen-bond acceptors (Lipinski definition) is 3. The van der Waals surface area contributed by atoms with Crippen LogP contribution < -0.4 is 5.32 Å². The van der Waals surface area contributed by atoms with Gasteiger partial charge in [0.1, 0.15) is 0 Å². The van der Waals surface area contributed by atoms with E-state index >= 15 is 0 Å². The predicted octanol–water partition coefficient (Wildman–Crippen LogP) is 2.76. The topological polar surface area (TPSA) is 86.7 Å². The number of hydrogen-bond donors (Lipinski definition) is 2. The van der Waals surface area contributed by atoms with Crippen LogP contribution >= 0.6 is 0 Å². The van der Waals surface area contributed by atoms with Crippen molar-refractivity contribution in [3.63, 3.8) is 0 Å². The van der Waals surface area contributed by atoms with Gasteiger partial charge in [-0.15, -0.1) is 0 Å². The number of carbonyl (C=O) groups excluding carboxylic acids is 2. The fourth-order valence-corrected chi connectivity index (χ4v) is 3.26. The summed E-state index contributed by atoms with van der Waals surface area (Å²) in [5.74, 6) is -1.66. The maximum atomic E-state index is 12.7. The summed E-state index contributed by atoms with van der Waals surface area (Å²) in [6.45, 7) is 1.79. The zero-order valence-electron chi connectivity index (χ0n) is 14.4. The van der Waals surface area contributed by atoms with E-state index in [2.05, 4.69) is 5.32 Å². The van der Waals surface area contributed by atoms with Crippen molar-refractivity contribution in [3.05, 3.63) is 71.8 Å². The van der Waals surface area contributed by atoms with Crippen molar-refractivity contribution in [1.29, 1.82) is 0 Å². The highest BCUT2D eigenvalue weighted by Gasteiger charge is 2.60. The van der Waals surface area contributed by atoms with Gasteiger partial charge in [-0.2, -0.15) is 0 Å². The van der Waals surface area contributed by atoms with Gasteiger partial charge in [0.15, 0.2) is 5.54 Å². The van der Waals surface area contributed by atoms with Crippen LogP contribution in [0.5, 0.6) is 0 Å². The predicted molar refractivity (Wildman–Crippen MR) is 95.4 cm³/mol. The van der Waals surface area contributed by atoms with Gasteiger partial charge in [-0.25, -0.2) is 14.5 Å². The molecule has 1 heterocycles. The number of benzene rings is 2. The van der Waals surface area contributed by atoms with Gasteiger partial charge in [0.2, 0.25) is 5.91 Å². The number of urea groups is 1. The molecule has 0 spiro atoms. The van der Waals surface area contributed by atoms with E-state index in [9.17, 15) is 19.5 Å². The Hall–Kier alpha value is -3.15. The fraction of sp³-hybridized carbons (Fsp3) is 0.250. The third kappa shape index (κ3) is 3.18. The van der Waals surface area contributed by atoms with Crippen LogP contribution in [0.15, 0.2) is 60.7 Å². The van der Waals surface area contributed by atoms with Crippen LogP contribution in [-0.2, 0) is 16.0 Å². The maximum absolute atomic E-state index is 12.7. The normalized spacial score (nSPS) is 20.2. The molecule has 0 radical (unpaired) electrons. The number of carboxylic acids is 1. The minimum atomic E-state index is -1.54. The van der Waals surface area contributed by atoms with Crippen LogP contribution in [0, 0.1) is 0 Å². The summed E-state index contributed by atoms with van der Waals surface area (Å²) in [4.78, 5) is 37.6. The molecule has 3 amide bonds. The second kappa shape index (κ2) is 7.00. The number of nitrogens with zero attached hydrogens (tertiary/aromatic N) is 1. The molecule has 1 saturated heterocycles. The molecule has 2 aromatic carbocycles. The molecule has 2 atom stereocenters. The molecular weight excluding hydrogens is 332 g/mol. The average molecular weight is 352 g/mol. The summed E-state index contributed by atoms with van der Waals surface area (Å²) >= 11 is 0. The Bertz CT molecular complexity index is 822. The molecule has 0 aliphatic carbocycles. The largest absolute Gasteiger partial charge is 0.479 e. The monoisotopic (exact) mass is 352 g/mol. The van der Waals surface area contributed by atoms with E-state index in [0.717, 1.165) is 16.0 Å². The Morgan fingerprint density at radius 1 is 1.12 bits per heavy atom. The molecule has 1 fully saturated rings. The van der Waals surface area contributed by atoms with Gasteiger partial charge >= 0.3 is 12.0 Å². The van der Waals surface area contributed by atoms with Gasteiger partial charge in [-0.3, -0.25) is 4.79 Å². The standard InChI is InChI=1S/C20H20N2O4/c1-14(16-10-6-3-7-11-16)21-19(26)22-17(23)13-20(22,18(24)25)12-15-8-4-2-5-9-15/h2-11,14H,12-13H2,1H3,(H,21,26)(H,24,25)/t14-,20-/m0/s1. The first-order valence-corrected chi connectivity index (χ1v) is 8.40. The van der Waals surface area contributed by atoms with Crippen molar-refractivity contribution < 1.29 is 19.5 Å². The third-order valence-corrected chi connectivity index (χ3v) is 4.70. The zero-order chi connectivity index (χ0) is 18.7. The van der Waals surface area contributed by atoms with Crippen LogP contribution in [0.3, 0.4) is 0 Å². The van der Waals surface area contributed by atoms with E-state index < -0.39 is 23.4 Å². The highest BCUT2D eigenvalue weighted by atomic mass is 16.4. The lowest BCUT2D eigenvalue weighted by Crippen LogP contribution is -2.72. The SMILES string of the molecule is C[C@H](NC(=O)N1C(=O)C[C@@]1(Cc1ccccc1)C(=O)O)c1ccccc1. The van der Waals surface area contributed by atoms with E-state index in [0.29, 0.717) is 0 Å². The van der Waals surface area contributed by atoms with Crippen molar-refractivity contribution in [3.8, 4) is 0 Å². The van der Waals surface area contributed by atoms with Gasteiger partial charge in [0.05, 0.1) is 12.5 Å². The molecular formula is C20H20N2O4. The lowest BCUT2D eigenvalue weighted by molar-refractivity contribution is -0.170. The lowest BCUT2D eigenvalue weighted by Gasteiger charge is -2.47. The molecule has 134 valence electrons. The first-order valence-electron chi connectivity index (χ1n) is 8.40. The number of likely N-dealkylation sites (tertiary alicyclic amines) is 1. The van der Waals surface area contributed by atoms with Gasteiger partial charge in [0, 0.05) is 6.42 Å². The minimum Gasteiger partial charge on any atom is -0.479 e. The smallest absolute Gasteiger partial charge is 0.331 e. The quantitative estimate of drug-likeness (QED) is 0.810. The Balaban J connectivity index is 1.80. The van der Waals surface area contributed by atoms with Crippen molar-refractivity contribution in [2.45, 2.75) is 31.3 Å². The highest BCUT2D eigenvalue weighted by molar-refractivity contribution is 6.08. The summed E-state index contributed by atoms with van der Waals surface area (Å²) in [7, 11) is 0. The zero-order valence-corrected chi connectivity index (χ0v) is 14.4. The number of amides is 3. The second-order valence-electron chi connectivity index (χ2n) is 6.49. The van der Waals surface area contributed by atoms with E-state index in [-0.39, 0.29) is 18.9 Å². The minimum absolute atomic E-state index is 0.0854. The Labute approximate surface area is 151 Å². The molecule has 0 saturated carbocycles. The average Bonchev–Trinajstić information content (AvgIpc) is 2.62. The molecule has 3 rings (SSSR count). The number of rotatable bonds is 5. The molecule has 1 aliphatic rings. The van der Waals surface area contributed by atoms with Crippen molar-refractivity contribution in [2.24, 2.45) is 0 Å². The Morgan fingerprint density at radius 2 is 1.69 bits per heavy atom. The van der Waals surface area contributed by atoms with E-state index in [1.165, 1.54) is 0 Å². The van der Waals surface area contributed by atoms with E-state index in [1.54, 1.807) is 31.2 Å². The number of carbonyl (C=O) groups is 3. The number of carboxylic acid groups (broad SMARTS) is 1. The molecule has 2 N–H and O–H groups in total. The molecule has 0 unspecified atom stereocenters. The number of imide groups is 1. The van der Waals surface area contributed by atoms with Crippen LogP contribution in [-0.4, -0.2) is 33.5 Å². The second-order valence-corrected chi connectivity index (χ2v) is 6.49. The number of aliphatic carboxylic acids is 1. The first kappa shape index (κ1) is 17.7. The first-order chi connectivity index (χ1) is 12.4. The van der Waals surface area contributed by atoms with Gasteiger partial charge in [0.25, 0.3) is 0 Å². The Morgan fingerprint density at radius 3 is 2.23 bits per heavy atom. The van der Waals surface area contributed by atoms with Gasteiger partial charge in [-0.1, -0.05) is 60.7 Å². The molecule has 0 bridgehead atoms. The van der Waals surface area contributed by atoms with Gasteiger partial charge in [-0.05, 0) is 18.1 Å². The summed E-state index contributed by atoms with van der Waals surface area (Å²) < 4.78 is 0.